The molecule has 1 aromatic carbocycles. The van der Waals surface area contributed by atoms with Gasteiger partial charge in [-0.25, -0.2) is 0 Å². The van der Waals surface area contributed by atoms with E-state index in [1.165, 1.54) is 5.52 Å². The van der Waals surface area contributed by atoms with Crippen molar-refractivity contribution in [1.82, 2.24) is 9.55 Å². The van der Waals surface area contributed by atoms with Gasteiger partial charge in [0.05, 0.1) is 17.1 Å². The Morgan fingerprint density at radius 3 is 2.84 bits per heavy atom. The molecule has 0 radical (unpaired) electrons. The molecule has 0 bridgehead atoms. The van der Waals surface area contributed by atoms with E-state index < -0.39 is 0 Å². The summed E-state index contributed by atoms with van der Waals surface area (Å²) in [5, 5.41) is 0. The fourth-order valence-electron chi connectivity index (χ4n) is 3.12. The molecule has 2 atom stereocenters. The molecule has 1 fully saturated rings. The van der Waals surface area contributed by atoms with Crippen molar-refractivity contribution in [2.45, 2.75) is 32.4 Å². The van der Waals surface area contributed by atoms with Gasteiger partial charge in [0.25, 0.3) is 0 Å². The first-order chi connectivity index (χ1) is 8.95. The fourth-order valence-corrected chi connectivity index (χ4v) is 3.81. The normalized spacial score (nSPS) is 25.5. The van der Waals surface area contributed by atoms with Crippen molar-refractivity contribution in [3.63, 3.8) is 0 Å². The zero-order chi connectivity index (χ0) is 13.8. The first-order valence-corrected chi connectivity index (χ1v) is 7.58. The molecular formula is C14H17BrN2OS. The molecule has 19 heavy (non-hydrogen) atoms. The van der Waals surface area contributed by atoms with Gasteiger partial charge in [-0.3, -0.25) is 0 Å². The number of H-pyrrole nitrogens is 1. The van der Waals surface area contributed by atoms with Crippen molar-refractivity contribution >= 4 is 39.2 Å². The van der Waals surface area contributed by atoms with Crippen LogP contribution in [0.15, 0.2) is 22.7 Å². The molecule has 1 N–H and O–H groups in total. The summed E-state index contributed by atoms with van der Waals surface area (Å²) in [6, 6.07) is 6.63. The van der Waals surface area contributed by atoms with Gasteiger partial charge in [-0.1, -0.05) is 29.8 Å². The second-order valence-corrected chi connectivity index (χ2v) is 7.06. The molecule has 0 saturated heterocycles. The van der Waals surface area contributed by atoms with Crippen molar-refractivity contribution in [3.05, 3.63) is 27.4 Å². The maximum Gasteiger partial charge on any atom is 0.178 e. The molecule has 2 aromatic rings. The molecule has 3 rings (SSSR count). The highest BCUT2D eigenvalue weighted by Gasteiger charge is 2.50. The molecule has 1 heterocycles. The van der Waals surface area contributed by atoms with Gasteiger partial charge in [-0.2, -0.15) is 0 Å². The van der Waals surface area contributed by atoms with Crippen LogP contribution in [0.2, 0.25) is 0 Å². The summed E-state index contributed by atoms with van der Waals surface area (Å²) in [6.45, 7) is 4.49. The molecule has 0 amide bonds. The summed E-state index contributed by atoms with van der Waals surface area (Å²) < 4.78 is 9.63. The molecule has 2 unspecified atom stereocenters. The van der Waals surface area contributed by atoms with Crippen LogP contribution in [-0.2, 0) is 4.74 Å². The number of rotatable bonds is 2. The van der Waals surface area contributed by atoms with Crippen molar-refractivity contribution in [3.8, 4) is 0 Å². The molecular weight excluding hydrogens is 324 g/mol. The first-order valence-electron chi connectivity index (χ1n) is 6.37. The lowest BCUT2D eigenvalue weighted by molar-refractivity contribution is -0.111. The number of ether oxygens (including phenoxy) is 1. The Balaban J connectivity index is 2.12. The zero-order valence-corrected chi connectivity index (χ0v) is 13.6. The highest BCUT2D eigenvalue weighted by molar-refractivity contribution is 9.10. The van der Waals surface area contributed by atoms with Crippen LogP contribution in [0.1, 0.15) is 26.3 Å². The van der Waals surface area contributed by atoms with E-state index in [2.05, 4.69) is 57.5 Å². The van der Waals surface area contributed by atoms with Gasteiger partial charge >= 0.3 is 0 Å². The number of methoxy groups -OCH3 is 1. The molecule has 1 saturated carbocycles. The molecule has 1 aliphatic rings. The third-order valence-corrected chi connectivity index (χ3v) is 5.19. The van der Waals surface area contributed by atoms with E-state index in [0.717, 1.165) is 21.2 Å². The molecule has 5 heteroatoms. The minimum absolute atomic E-state index is 0.106. The Hall–Kier alpha value is -0.650. The lowest BCUT2D eigenvalue weighted by Gasteiger charge is -2.51. The maximum atomic E-state index is 5.54. The van der Waals surface area contributed by atoms with Crippen LogP contribution >= 0.6 is 28.1 Å². The predicted molar refractivity (Wildman–Crippen MR) is 83.1 cm³/mol. The number of fused-ring (bicyclic) bond motifs is 1. The first kappa shape index (κ1) is 13.3. The standard InChI is InChI=1S/C14H17BrN2OS/c1-14(2)11(7-12(14)18-3)17-10-5-4-8(15)6-9(10)16-13(17)19/h4-6,11-12H,7H2,1-3H3,(H,16,19). The van der Waals surface area contributed by atoms with Gasteiger partial charge in [0.1, 0.15) is 0 Å². The van der Waals surface area contributed by atoms with Crippen LogP contribution in [0, 0.1) is 10.2 Å². The van der Waals surface area contributed by atoms with E-state index in [-0.39, 0.29) is 5.41 Å². The highest BCUT2D eigenvalue weighted by atomic mass is 79.9. The Labute approximate surface area is 126 Å². The Bertz CT molecular complexity index is 688. The number of aromatic amines is 1. The van der Waals surface area contributed by atoms with E-state index in [1.807, 2.05) is 0 Å². The van der Waals surface area contributed by atoms with Crippen LogP contribution in [0.5, 0.6) is 0 Å². The number of halogens is 1. The fraction of sp³-hybridized carbons (Fsp3) is 0.500. The van der Waals surface area contributed by atoms with Crippen LogP contribution in [0.4, 0.5) is 0 Å². The van der Waals surface area contributed by atoms with E-state index in [4.69, 9.17) is 17.0 Å². The second-order valence-electron chi connectivity index (χ2n) is 5.76. The van der Waals surface area contributed by atoms with Crippen LogP contribution in [0.25, 0.3) is 11.0 Å². The van der Waals surface area contributed by atoms with Crippen molar-refractivity contribution < 1.29 is 4.74 Å². The molecule has 102 valence electrons. The SMILES string of the molecule is COC1CC(n2c(=S)[nH]c3cc(Br)ccc32)C1(C)C. The summed E-state index contributed by atoms with van der Waals surface area (Å²) >= 11 is 9.00. The largest absolute Gasteiger partial charge is 0.381 e. The van der Waals surface area contributed by atoms with Crippen LogP contribution in [0.3, 0.4) is 0 Å². The highest BCUT2D eigenvalue weighted by Crippen LogP contribution is 2.52. The van der Waals surface area contributed by atoms with Gasteiger partial charge in [0, 0.05) is 23.0 Å². The van der Waals surface area contributed by atoms with Crippen LogP contribution < -0.4 is 0 Å². The van der Waals surface area contributed by atoms with Gasteiger partial charge in [-0.15, -0.1) is 0 Å². The summed E-state index contributed by atoms with van der Waals surface area (Å²) in [7, 11) is 1.79. The average molecular weight is 341 g/mol. The predicted octanol–water partition coefficient (Wildman–Crippen LogP) is 4.45. The van der Waals surface area contributed by atoms with E-state index in [9.17, 15) is 0 Å². The Kier molecular flexibility index (Phi) is 3.11. The monoisotopic (exact) mass is 340 g/mol. The number of nitrogens with zero attached hydrogens (tertiary/aromatic N) is 1. The Morgan fingerprint density at radius 1 is 1.47 bits per heavy atom. The Morgan fingerprint density at radius 2 is 2.21 bits per heavy atom. The number of aromatic nitrogens is 2. The van der Waals surface area contributed by atoms with Gasteiger partial charge in [0.2, 0.25) is 0 Å². The topological polar surface area (TPSA) is 29.9 Å². The van der Waals surface area contributed by atoms with Gasteiger partial charge in [-0.05, 0) is 36.8 Å². The van der Waals surface area contributed by atoms with Gasteiger partial charge in [0.15, 0.2) is 4.77 Å². The number of benzene rings is 1. The average Bonchev–Trinajstić information content (AvgIpc) is 2.64. The number of nitrogens with one attached hydrogen (secondary N) is 1. The minimum Gasteiger partial charge on any atom is -0.381 e. The summed E-state index contributed by atoms with van der Waals surface area (Å²) in [4.78, 5) is 3.29. The number of hydrogen-bond donors (Lipinski definition) is 1. The summed E-state index contributed by atoms with van der Waals surface area (Å²) in [6.07, 6.45) is 1.32. The summed E-state index contributed by atoms with van der Waals surface area (Å²) in [5.41, 5.74) is 2.35. The third-order valence-electron chi connectivity index (χ3n) is 4.40. The summed E-state index contributed by atoms with van der Waals surface area (Å²) in [5.74, 6) is 0. The van der Waals surface area contributed by atoms with Crippen molar-refractivity contribution in [2.75, 3.05) is 7.11 Å². The molecule has 1 aliphatic carbocycles. The maximum absolute atomic E-state index is 5.54. The quantitative estimate of drug-likeness (QED) is 0.818. The van der Waals surface area contributed by atoms with E-state index >= 15 is 0 Å². The molecule has 3 nitrogen and oxygen atoms in total. The molecule has 0 spiro atoms. The second kappa shape index (κ2) is 4.43. The van der Waals surface area contributed by atoms with Crippen molar-refractivity contribution in [2.24, 2.45) is 5.41 Å². The lowest BCUT2D eigenvalue weighted by Crippen LogP contribution is -2.51. The van der Waals surface area contributed by atoms with Crippen LogP contribution in [-0.4, -0.2) is 22.8 Å². The van der Waals surface area contributed by atoms with Crippen molar-refractivity contribution in [1.29, 1.82) is 0 Å². The lowest BCUT2D eigenvalue weighted by atomic mass is 9.64. The molecule has 0 aliphatic heterocycles. The van der Waals surface area contributed by atoms with E-state index in [0.29, 0.717) is 12.1 Å². The van der Waals surface area contributed by atoms with Gasteiger partial charge < -0.3 is 14.3 Å². The molecule has 1 aromatic heterocycles. The third kappa shape index (κ3) is 1.90. The number of imidazole rings is 1. The minimum atomic E-state index is 0.106. The van der Waals surface area contributed by atoms with E-state index in [1.54, 1.807) is 7.11 Å². The zero-order valence-electron chi connectivity index (χ0n) is 11.2. The smallest absolute Gasteiger partial charge is 0.178 e. The number of hydrogen-bond acceptors (Lipinski definition) is 2.